The largest absolute Gasteiger partial charge is 0.516 e. The van der Waals surface area contributed by atoms with E-state index in [4.69, 9.17) is 5.11 Å². The minimum atomic E-state index is -5.74. The van der Waals surface area contributed by atoms with E-state index in [1.807, 2.05) is 0 Å². The van der Waals surface area contributed by atoms with Gasteiger partial charge >= 0.3 is 21.5 Å². The molecule has 0 bridgehead atoms. The van der Waals surface area contributed by atoms with Gasteiger partial charge in [0.25, 0.3) is 0 Å². The van der Waals surface area contributed by atoms with Gasteiger partial charge in [-0.1, -0.05) is 0 Å². The Balaban J connectivity index is 4.37. The van der Waals surface area contributed by atoms with E-state index in [1.165, 1.54) is 0 Å². The third kappa shape index (κ3) is 4.63. The number of rotatable bonds is 4. The van der Waals surface area contributed by atoms with E-state index < -0.39 is 40.2 Å². The number of aliphatic carboxylic acids is 1. The molecule has 1 amide bonds. The Morgan fingerprint density at radius 1 is 1.20 bits per heavy atom. The van der Waals surface area contributed by atoms with Crippen LogP contribution in [0.4, 0.5) is 13.2 Å². The lowest BCUT2D eigenvalue weighted by molar-refractivity contribution is -0.138. The zero-order valence-corrected chi connectivity index (χ0v) is 7.85. The van der Waals surface area contributed by atoms with Crippen LogP contribution in [-0.2, 0) is 19.6 Å². The number of halogens is 3. The molecule has 0 unspecified atom stereocenters. The number of alkyl halides is 3. The predicted molar refractivity (Wildman–Crippen MR) is 40.0 cm³/mol. The van der Waals surface area contributed by atoms with E-state index in [0.29, 0.717) is 4.72 Å². The first-order chi connectivity index (χ1) is 6.56. The molecule has 2 N–H and O–H groups in total. The fraction of sp³-hybridized carbons (Fsp3) is 0.600. The van der Waals surface area contributed by atoms with Crippen molar-refractivity contribution in [1.82, 2.24) is 4.72 Å². The average molecular weight is 249 g/mol. The lowest BCUT2D eigenvalue weighted by Crippen LogP contribution is -2.40. The monoisotopic (exact) mass is 249 g/mol. The first-order valence-corrected chi connectivity index (χ1v) is 4.88. The Kier molecular flexibility index (Phi) is 4.07. The number of nitrogens with one attached hydrogen (secondary N) is 1. The highest BCUT2D eigenvalue weighted by Gasteiger charge is 2.46. The first kappa shape index (κ1) is 13.7. The second kappa shape index (κ2) is 4.47. The van der Waals surface area contributed by atoms with Gasteiger partial charge in [-0.05, 0) is 0 Å². The Morgan fingerprint density at radius 2 is 1.67 bits per heavy atom. The molecule has 0 aromatic carbocycles. The molecule has 0 rings (SSSR count). The van der Waals surface area contributed by atoms with Crippen LogP contribution < -0.4 is 4.72 Å². The molecule has 0 saturated carbocycles. The highest BCUT2D eigenvalue weighted by atomic mass is 32.2. The van der Waals surface area contributed by atoms with Crippen molar-refractivity contribution in [3.8, 4) is 0 Å². The van der Waals surface area contributed by atoms with Crippen LogP contribution in [0.15, 0.2) is 0 Å². The molecule has 0 spiro atoms. The molecule has 0 saturated heterocycles. The second-order valence-electron chi connectivity index (χ2n) is 2.37. The van der Waals surface area contributed by atoms with Gasteiger partial charge in [0.1, 0.15) is 0 Å². The molecule has 0 aliphatic carbocycles. The van der Waals surface area contributed by atoms with Crippen molar-refractivity contribution in [2.45, 2.75) is 18.3 Å². The van der Waals surface area contributed by atoms with Crippen molar-refractivity contribution in [3.63, 3.8) is 0 Å². The number of sulfonamides is 1. The molecule has 0 aromatic rings. The summed E-state index contributed by atoms with van der Waals surface area (Å²) in [5, 5.41) is 8.07. The third-order valence-electron chi connectivity index (χ3n) is 1.12. The van der Waals surface area contributed by atoms with Gasteiger partial charge in [-0.15, -0.1) is 0 Å². The number of hydrogen-bond donors (Lipinski definition) is 2. The summed E-state index contributed by atoms with van der Waals surface area (Å²) in [4.78, 5) is 20.5. The highest BCUT2D eigenvalue weighted by molar-refractivity contribution is 7.90. The Bertz CT molecular complexity index is 359. The SMILES string of the molecule is O=C(O)CCC(=O)NS(=O)(=O)C(F)(F)F. The van der Waals surface area contributed by atoms with Crippen molar-refractivity contribution in [1.29, 1.82) is 0 Å². The van der Waals surface area contributed by atoms with Crippen LogP contribution >= 0.6 is 0 Å². The van der Waals surface area contributed by atoms with Gasteiger partial charge in [0.05, 0.1) is 6.42 Å². The number of carboxylic acids is 1. The number of carbonyl (C=O) groups excluding carboxylic acids is 1. The number of amides is 1. The minimum absolute atomic E-state index is 0.697. The van der Waals surface area contributed by atoms with Crippen LogP contribution in [-0.4, -0.2) is 30.9 Å². The lowest BCUT2D eigenvalue weighted by Gasteiger charge is -2.08. The standard InChI is InChI=1S/C5H6F3NO5S/c6-5(7,8)15(13,14)9-3(10)1-2-4(11)12/h1-2H2,(H,9,10)(H,11,12). The number of carboxylic acid groups (broad SMARTS) is 1. The van der Waals surface area contributed by atoms with E-state index in [-0.39, 0.29) is 0 Å². The molecule has 6 nitrogen and oxygen atoms in total. The summed E-state index contributed by atoms with van der Waals surface area (Å²) in [5.41, 5.74) is -5.59. The van der Waals surface area contributed by atoms with Crippen LogP contribution in [0.2, 0.25) is 0 Å². The Labute approximate surface area is 82.1 Å². The van der Waals surface area contributed by atoms with Crippen LogP contribution in [0.25, 0.3) is 0 Å². The maximum absolute atomic E-state index is 11.7. The fourth-order valence-corrected chi connectivity index (χ4v) is 0.997. The van der Waals surface area contributed by atoms with E-state index in [2.05, 4.69) is 0 Å². The molecular weight excluding hydrogens is 243 g/mol. The van der Waals surface area contributed by atoms with Gasteiger partial charge < -0.3 is 5.11 Å². The molecule has 10 heteroatoms. The second-order valence-corrected chi connectivity index (χ2v) is 4.04. The lowest BCUT2D eigenvalue weighted by atomic mass is 10.3. The molecule has 0 aliphatic rings. The molecule has 88 valence electrons. The van der Waals surface area contributed by atoms with Crippen molar-refractivity contribution >= 4 is 21.9 Å². The quantitative estimate of drug-likeness (QED) is 0.719. The fourth-order valence-electron chi connectivity index (χ4n) is 0.479. The van der Waals surface area contributed by atoms with Gasteiger partial charge in [-0.3, -0.25) is 9.59 Å². The number of carbonyl (C=O) groups is 2. The number of hydrogen-bond acceptors (Lipinski definition) is 4. The molecule has 0 aliphatic heterocycles. The first-order valence-electron chi connectivity index (χ1n) is 3.40. The van der Waals surface area contributed by atoms with Crippen LogP contribution in [0.1, 0.15) is 12.8 Å². The normalized spacial score (nSPS) is 12.2. The highest BCUT2D eigenvalue weighted by Crippen LogP contribution is 2.21. The van der Waals surface area contributed by atoms with Crippen molar-refractivity contribution < 1.29 is 36.3 Å². The topological polar surface area (TPSA) is 101 Å². The van der Waals surface area contributed by atoms with Gasteiger partial charge in [-0.25, -0.2) is 4.72 Å². The predicted octanol–water partition coefficient (Wildman–Crippen LogP) is -0.183. The summed E-state index contributed by atoms with van der Waals surface area (Å²) in [6.45, 7) is 0. The van der Waals surface area contributed by atoms with E-state index in [9.17, 15) is 31.2 Å². The Morgan fingerprint density at radius 3 is 2.00 bits per heavy atom. The smallest absolute Gasteiger partial charge is 0.481 e. The van der Waals surface area contributed by atoms with Gasteiger partial charge in [0.15, 0.2) is 0 Å². The van der Waals surface area contributed by atoms with Crippen molar-refractivity contribution in [2.75, 3.05) is 0 Å². The molecule has 0 aromatic heterocycles. The zero-order chi connectivity index (χ0) is 12.3. The molecule has 15 heavy (non-hydrogen) atoms. The minimum Gasteiger partial charge on any atom is -0.481 e. The van der Waals surface area contributed by atoms with Crippen LogP contribution in [0.3, 0.4) is 0 Å². The molecule has 0 fully saturated rings. The molecule has 0 atom stereocenters. The third-order valence-corrected chi connectivity index (χ3v) is 2.22. The van der Waals surface area contributed by atoms with Crippen molar-refractivity contribution in [3.05, 3.63) is 0 Å². The van der Waals surface area contributed by atoms with Crippen molar-refractivity contribution in [2.24, 2.45) is 0 Å². The summed E-state index contributed by atoms with van der Waals surface area (Å²) in [6.07, 6.45) is -1.59. The summed E-state index contributed by atoms with van der Waals surface area (Å²) in [6, 6.07) is 0. The Hall–Kier alpha value is -1.32. The van der Waals surface area contributed by atoms with Gasteiger partial charge in [0.2, 0.25) is 5.91 Å². The summed E-state index contributed by atoms with van der Waals surface area (Å²) >= 11 is 0. The zero-order valence-electron chi connectivity index (χ0n) is 7.04. The molecule has 0 radical (unpaired) electrons. The van der Waals surface area contributed by atoms with Crippen LogP contribution in [0.5, 0.6) is 0 Å². The average Bonchev–Trinajstić information content (AvgIpc) is 1.97. The summed E-state index contributed by atoms with van der Waals surface area (Å²) < 4.78 is 56.3. The maximum Gasteiger partial charge on any atom is 0.516 e. The van der Waals surface area contributed by atoms with Gasteiger partial charge in [0, 0.05) is 6.42 Å². The maximum atomic E-state index is 11.7. The summed E-state index contributed by atoms with van der Waals surface area (Å²) in [7, 11) is -5.74. The molecule has 0 heterocycles. The van der Waals surface area contributed by atoms with E-state index in [1.54, 1.807) is 0 Å². The van der Waals surface area contributed by atoms with Crippen LogP contribution in [0, 0.1) is 0 Å². The van der Waals surface area contributed by atoms with E-state index >= 15 is 0 Å². The summed E-state index contributed by atoms with van der Waals surface area (Å²) in [5.74, 6) is -2.94. The molecular formula is C5H6F3NO5S. The van der Waals surface area contributed by atoms with Gasteiger partial charge in [-0.2, -0.15) is 21.6 Å². The van der Waals surface area contributed by atoms with E-state index in [0.717, 1.165) is 0 Å².